The predicted octanol–water partition coefficient (Wildman–Crippen LogP) is 2.27. The maximum Gasteiger partial charge on any atom is 0.348 e. The van der Waals surface area contributed by atoms with E-state index in [4.69, 9.17) is 16.0 Å². The highest BCUT2D eigenvalue weighted by atomic mass is 35.5. The first-order valence-corrected chi connectivity index (χ1v) is 5.34. The third kappa shape index (κ3) is 2.40. The minimum atomic E-state index is -0.594. The van der Waals surface area contributed by atoms with Gasteiger partial charge in [0.25, 0.3) is 0 Å². The lowest BCUT2D eigenvalue weighted by molar-refractivity contribution is -0.384. The standard InChI is InChI=1S/C10H9ClN4O3/c1-14(4-7-2-3-18-5-7)10-8(15(16)17)9(11)12-6-13-10/h2-3,5-6H,4H2,1H3. The van der Waals surface area contributed by atoms with Crippen molar-refractivity contribution in [1.82, 2.24) is 9.97 Å². The molecule has 2 aromatic heterocycles. The van der Waals surface area contributed by atoms with Gasteiger partial charge in [-0.05, 0) is 6.07 Å². The van der Waals surface area contributed by atoms with E-state index >= 15 is 0 Å². The number of nitrogens with zero attached hydrogens (tertiary/aromatic N) is 4. The smallest absolute Gasteiger partial charge is 0.348 e. The van der Waals surface area contributed by atoms with E-state index in [9.17, 15) is 10.1 Å². The zero-order valence-electron chi connectivity index (χ0n) is 9.41. The first kappa shape index (κ1) is 12.3. The van der Waals surface area contributed by atoms with E-state index in [1.807, 2.05) is 0 Å². The fraction of sp³-hybridized carbons (Fsp3) is 0.200. The molecule has 0 radical (unpaired) electrons. The zero-order valence-corrected chi connectivity index (χ0v) is 10.2. The second kappa shape index (κ2) is 5.01. The molecule has 2 aromatic rings. The number of anilines is 1. The van der Waals surface area contributed by atoms with Gasteiger partial charge in [0, 0.05) is 19.2 Å². The first-order chi connectivity index (χ1) is 8.59. The number of aromatic nitrogens is 2. The molecule has 8 heteroatoms. The molecule has 94 valence electrons. The van der Waals surface area contributed by atoms with Gasteiger partial charge < -0.3 is 9.32 Å². The number of nitro groups is 1. The molecule has 18 heavy (non-hydrogen) atoms. The van der Waals surface area contributed by atoms with Gasteiger partial charge in [0.05, 0.1) is 17.4 Å². The quantitative estimate of drug-likeness (QED) is 0.480. The van der Waals surface area contributed by atoms with Crippen LogP contribution in [0.1, 0.15) is 5.56 Å². The lowest BCUT2D eigenvalue weighted by Crippen LogP contribution is -2.19. The van der Waals surface area contributed by atoms with Crippen molar-refractivity contribution in [2.24, 2.45) is 0 Å². The summed E-state index contributed by atoms with van der Waals surface area (Å²) in [6.45, 7) is 0.421. The molecule has 2 heterocycles. The Balaban J connectivity index is 2.32. The van der Waals surface area contributed by atoms with Crippen LogP contribution >= 0.6 is 11.6 Å². The fourth-order valence-corrected chi connectivity index (χ4v) is 1.71. The lowest BCUT2D eigenvalue weighted by Gasteiger charge is -2.16. The van der Waals surface area contributed by atoms with Gasteiger partial charge in [-0.3, -0.25) is 10.1 Å². The molecule has 2 rings (SSSR count). The minimum Gasteiger partial charge on any atom is -0.472 e. The Morgan fingerprint density at radius 3 is 2.94 bits per heavy atom. The van der Waals surface area contributed by atoms with Crippen molar-refractivity contribution in [3.63, 3.8) is 0 Å². The highest BCUT2D eigenvalue weighted by Crippen LogP contribution is 2.31. The molecule has 0 fully saturated rings. The van der Waals surface area contributed by atoms with Gasteiger partial charge in [-0.15, -0.1) is 0 Å². The SMILES string of the molecule is CN(Cc1ccoc1)c1ncnc(Cl)c1[N+](=O)[O-]. The predicted molar refractivity (Wildman–Crippen MR) is 64.5 cm³/mol. The third-order valence-corrected chi connectivity index (χ3v) is 2.58. The topological polar surface area (TPSA) is 85.3 Å². The summed E-state index contributed by atoms with van der Waals surface area (Å²) in [7, 11) is 1.68. The fourth-order valence-electron chi connectivity index (χ4n) is 1.52. The minimum absolute atomic E-state index is 0.168. The van der Waals surface area contributed by atoms with E-state index in [2.05, 4.69) is 9.97 Å². The van der Waals surface area contributed by atoms with E-state index in [0.29, 0.717) is 6.54 Å². The molecule has 0 atom stereocenters. The first-order valence-electron chi connectivity index (χ1n) is 4.96. The third-order valence-electron chi connectivity index (χ3n) is 2.30. The van der Waals surface area contributed by atoms with E-state index in [-0.39, 0.29) is 16.7 Å². The number of hydrogen-bond donors (Lipinski definition) is 0. The Morgan fingerprint density at radius 2 is 2.33 bits per heavy atom. The Morgan fingerprint density at radius 1 is 1.56 bits per heavy atom. The van der Waals surface area contributed by atoms with Crippen LogP contribution in [0.4, 0.5) is 11.5 Å². The van der Waals surface area contributed by atoms with E-state index in [1.54, 1.807) is 24.3 Å². The maximum absolute atomic E-state index is 10.9. The van der Waals surface area contributed by atoms with Crippen LogP contribution in [0, 0.1) is 10.1 Å². The Bertz CT molecular complexity index is 558. The molecular weight excluding hydrogens is 260 g/mol. The summed E-state index contributed by atoms with van der Waals surface area (Å²) in [6, 6.07) is 1.77. The molecule has 0 aliphatic heterocycles. The van der Waals surface area contributed by atoms with Crippen molar-refractivity contribution in [1.29, 1.82) is 0 Å². The second-order valence-corrected chi connectivity index (χ2v) is 3.94. The van der Waals surface area contributed by atoms with Crippen molar-refractivity contribution in [3.05, 3.63) is 45.8 Å². The van der Waals surface area contributed by atoms with Crippen LogP contribution in [0.15, 0.2) is 29.3 Å². The van der Waals surface area contributed by atoms with Crippen molar-refractivity contribution < 1.29 is 9.34 Å². The summed E-state index contributed by atoms with van der Waals surface area (Å²) in [4.78, 5) is 19.5. The van der Waals surface area contributed by atoms with Gasteiger partial charge in [-0.2, -0.15) is 0 Å². The molecule has 7 nitrogen and oxygen atoms in total. The normalized spacial score (nSPS) is 10.3. The van der Waals surface area contributed by atoms with Gasteiger partial charge in [0.1, 0.15) is 6.33 Å². The van der Waals surface area contributed by atoms with Gasteiger partial charge in [0.2, 0.25) is 11.0 Å². The molecule has 0 spiro atoms. The Kier molecular flexibility index (Phi) is 3.42. The molecule has 0 saturated heterocycles. The van der Waals surface area contributed by atoms with Gasteiger partial charge >= 0.3 is 5.69 Å². The molecule has 0 bridgehead atoms. The monoisotopic (exact) mass is 268 g/mol. The van der Waals surface area contributed by atoms with Gasteiger partial charge in [-0.25, -0.2) is 9.97 Å². The summed E-state index contributed by atoms with van der Waals surface area (Å²) in [5.41, 5.74) is 0.576. The molecule has 0 saturated carbocycles. The van der Waals surface area contributed by atoms with Crippen LogP contribution in [0.2, 0.25) is 5.15 Å². The van der Waals surface area contributed by atoms with Crippen molar-refractivity contribution in [3.8, 4) is 0 Å². The number of hydrogen-bond acceptors (Lipinski definition) is 6. The van der Waals surface area contributed by atoms with Gasteiger partial charge in [0.15, 0.2) is 0 Å². The van der Waals surface area contributed by atoms with E-state index in [0.717, 1.165) is 5.56 Å². The molecular formula is C10H9ClN4O3. The van der Waals surface area contributed by atoms with Crippen LogP contribution in [0.25, 0.3) is 0 Å². The molecule has 0 aliphatic carbocycles. The van der Waals surface area contributed by atoms with Gasteiger partial charge in [-0.1, -0.05) is 11.6 Å². The summed E-state index contributed by atoms with van der Waals surface area (Å²) in [5, 5.41) is 10.8. The molecule has 0 N–H and O–H groups in total. The summed E-state index contributed by atoms with van der Waals surface area (Å²) in [6.07, 6.45) is 4.28. The lowest BCUT2D eigenvalue weighted by atomic mass is 10.3. The van der Waals surface area contributed by atoms with Crippen molar-refractivity contribution in [2.45, 2.75) is 6.54 Å². The number of furan rings is 1. The summed E-state index contributed by atoms with van der Waals surface area (Å²) in [5.74, 6) is 0.168. The molecule has 0 aromatic carbocycles. The number of halogens is 1. The highest BCUT2D eigenvalue weighted by Gasteiger charge is 2.24. The van der Waals surface area contributed by atoms with Crippen LogP contribution in [-0.2, 0) is 6.54 Å². The van der Waals surface area contributed by atoms with E-state index in [1.165, 1.54) is 12.6 Å². The number of rotatable bonds is 4. The Hall–Kier alpha value is -2.15. The molecule has 0 unspecified atom stereocenters. The average Bonchev–Trinajstić information content (AvgIpc) is 2.80. The molecule has 0 aliphatic rings. The van der Waals surface area contributed by atoms with E-state index < -0.39 is 4.92 Å². The van der Waals surface area contributed by atoms with Crippen LogP contribution in [-0.4, -0.2) is 21.9 Å². The maximum atomic E-state index is 10.9. The molecule has 0 amide bonds. The largest absolute Gasteiger partial charge is 0.472 e. The van der Waals surface area contributed by atoms with Crippen LogP contribution < -0.4 is 4.90 Å². The van der Waals surface area contributed by atoms with Crippen LogP contribution in [0.3, 0.4) is 0 Å². The summed E-state index contributed by atoms with van der Waals surface area (Å²) >= 11 is 5.71. The highest BCUT2D eigenvalue weighted by molar-refractivity contribution is 6.31. The van der Waals surface area contributed by atoms with Crippen molar-refractivity contribution in [2.75, 3.05) is 11.9 Å². The van der Waals surface area contributed by atoms with Crippen LogP contribution in [0.5, 0.6) is 0 Å². The average molecular weight is 269 g/mol. The van der Waals surface area contributed by atoms with Crippen molar-refractivity contribution >= 4 is 23.1 Å². The zero-order chi connectivity index (χ0) is 13.1. The Labute approximate surface area is 107 Å². The summed E-state index contributed by atoms with van der Waals surface area (Å²) < 4.78 is 4.93. The second-order valence-electron chi connectivity index (χ2n) is 3.58.